The van der Waals surface area contributed by atoms with Gasteiger partial charge in [0.15, 0.2) is 22.8 Å². The molecule has 0 unspecified atom stereocenters. The third-order valence-electron chi connectivity index (χ3n) is 1.77. The number of methoxy groups -OCH3 is 2. The molecule has 1 aromatic carbocycles. The molecule has 0 aliphatic rings. The quantitative estimate of drug-likeness (QED) is 0.544. The van der Waals surface area contributed by atoms with Crippen molar-refractivity contribution in [2.75, 3.05) is 14.2 Å². The predicted octanol–water partition coefficient (Wildman–Crippen LogP) is 2.00. The van der Waals surface area contributed by atoms with E-state index >= 15 is 0 Å². The molecule has 0 heterocycles. The second kappa shape index (κ2) is 4.23. The van der Waals surface area contributed by atoms with Gasteiger partial charge in [-0.05, 0) is 0 Å². The van der Waals surface area contributed by atoms with E-state index in [9.17, 15) is 4.79 Å². The lowest BCUT2D eigenvalue weighted by atomic mass is 10.2. The summed E-state index contributed by atoms with van der Waals surface area (Å²) in [5.74, 6) is 0.827. The van der Waals surface area contributed by atoms with Crippen LogP contribution in [0, 0.1) is 5.39 Å². The van der Waals surface area contributed by atoms with E-state index in [4.69, 9.17) is 14.9 Å². The molecular weight excluding hydrogens is 184 g/mol. The number of rotatable bonds is 3. The van der Waals surface area contributed by atoms with Gasteiger partial charge in [-0.1, -0.05) is 0 Å². The lowest BCUT2D eigenvalue weighted by Gasteiger charge is -2.05. The summed E-state index contributed by atoms with van der Waals surface area (Å²) in [4.78, 5) is 13.5. The zero-order valence-corrected chi connectivity index (χ0v) is 7.85. The smallest absolute Gasteiger partial charge is 0.399 e. The summed E-state index contributed by atoms with van der Waals surface area (Å²) < 4.78 is 9.94. The molecular formula is C9H9N2O3+. The molecule has 0 radical (unpaired) electrons. The summed E-state index contributed by atoms with van der Waals surface area (Å²) in [6.07, 6.45) is 0.580. The second-order valence-corrected chi connectivity index (χ2v) is 2.48. The van der Waals surface area contributed by atoms with Crippen molar-refractivity contribution in [3.05, 3.63) is 22.7 Å². The summed E-state index contributed by atoms with van der Waals surface area (Å²) in [5, 5.41) is 8.60. The third kappa shape index (κ3) is 1.64. The normalized spacial score (nSPS) is 8.93. The van der Waals surface area contributed by atoms with Crippen LogP contribution in [-0.4, -0.2) is 20.5 Å². The number of carbonyl (C=O) groups is 1. The maximum absolute atomic E-state index is 10.6. The molecule has 0 saturated heterocycles. The highest BCUT2D eigenvalue weighted by molar-refractivity contribution is 5.86. The molecule has 0 spiro atoms. The Labute approximate surface area is 80.9 Å². The fraction of sp³-hybridized carbons (Fsp3) is 0.222. The Kier molecular flexibility index (Phi) is 3.02. The number of hydrogen-bond acceptors (Lipinski definition) is 4. The average Bonchev–Trinajstić information content (AvgIpc) is 2.26. The van der Waals surface area contributed by atoms with Crippen LogP contribution in [0.5, 0.6) is 11.5 Å². The van der Waals surface area contributed by atoms with Crippen LogP contribution in [0.3, 0.4) is 0 Å². The zero-order valence-electron chi connectivity index (χ0n) is 7.85. The molecule has 0 bridgehead atoms. The monoisotopic (exact) mass is 193 g/mol. The SMILES string of the molecule is COc1cc(C=O)c([N+]#N)cc1OC. The first-order valence-electron chi connectivity index (χ1n) is 3.83. The average molecular weight is 193 g/mol. The highest BCUT2D eigenvalue weighted by Gasteiger charge is 2.18. The van der Waals surface area contributed by atoms with Gasteiger partial charge in [0, 0.05) is 6.07 Å². The number of diazo groups is 1. The van der Waals surface area contributed by atoms with Gasteiger partial charge in [0.1, 0.15) is 5.56 Å². The van der Waals surface area contributed by atoms with Crippen LogP contribution < -0.4 is 9.47 Å². The maximum atomic E-state index is 10.6. The molecule has 0 saturated carbocycles. The molecule has 5 heteroatoms. The topological polar surface area (TPSA) is 63.7 Å². The van der Waals surface area contributed by atoms with Gasteiger partial charge in [0.2, 0.25) is 5.39 Å². The van der Waals surface area contributed by atoms with Crippen LogP contribution in [0.4, 0.5) is 5.69 Å². The van der Waals surface area contributed by atoms with E-state index in [0.717, 1.165) is 0 Å². The van der Waals surface area contributed by atoms with Crippen molar-refractivity contribution in [1.29, 1.82) is 5.39 Å². The van der Waals surface area contributed by atoms with E-state index in [2.05, 4.69) is 4.98 Å². The minimum atomic E-state index is 0.151. The fourth-order valence-corrected chi connectivity index (χ4v) is 1.06. The van der Waals surface area contributed by atoms with E-state index in [1.807, 2.05) is 0 Å². The summed E-state index contributed by atoms with van der Waals surface area (Å²) in [6.45, 7) is 0. The molecule has 0 fully saturated rings. The van der Waals surface area contributed by atoms with Crippen molar-refractivity contribution in [2.45, 2.75) is 0 Å². The number of benzene rings is 1. The van der Waals surface area contributed by atoms with Crippen molar-refractivity contribution in [2.24, 2.45) is 0 Å². The van der Waals surface area contributed by atoms with E-state index in [-0.39, 0.29) is 11.3 Å². The Bertz CT molecular complexity index is 396. The molecule has 0 N–H and O–H groups in total. The number of nitrogens with zero attached hydrogens (tertiary/aromatic N) is 2. The van der Waals surface area contributed by atoms with Crippen LogP contribution in [0.25, 0.3) is 4.98 Å². The molecule has 1 aromatic rings. The summed E-state index contributed by atoms with van der Waals surface area (Å²) in [6, 6.07) is 2.86. The molecule has 0 atom stereocenters. The van der Waals surface area contributed by atoms with Gasteiger partial charge >= 0.3 is 5.69 Å². The van der Waals surface area contributed by atoms with Crippen LogP contribution >= 0.6 is 0 Å². The van der Waals surface area contributed by atoms with Crippen molar-refractivity contribution >= 4 is 12.0 Å². The van der Waals surface area contributed by atoms with Gasteiger partial charge in [-0.25, -0.2) is 0 Å². The summed E-state index contributed by atoms with van der Waals surface area (Å²) in [7, 11) is 2.92. The molecule has 0 aromatic heterocycles. The first-order chi connectivity index (χ1) is 6.76. The Balaban J connectivity index is 3.37. The number of ether oxygens (including phenoxy) is 2. The Morgan fingerprint density at radius 2 is 1.86 bits per heavy atom. The highest BCUT2D eigenvalue weighted by atomic mass is 16.5. The van der Waals surface area contributed by atoms with E-state index < -0.39 is 0 Å². The third-order valence-corrected chi connectivity index (χ3v) is 1.77. The minimum absolute atomic E-state index is 0.151. The molecule has 5 nitrogen and oxygen atoms in total. The first-order valence-corrected chi connectivity index (χ1v) is 3.83. The molecule has 0 aliphatic carbocycles. The highest BCUT2D eigenvalue weighted by Crippen LogP contribution is 2.33. The van der Waals surface area contributed by atoms with Crippen LogP contribution in [-0.2, 0) is 0 Å². The molecule has 0 amide bonds. The van der Waals surface area contributed by atoms with E-state index in [0.29, 0.717) is 17.8 Å². The molecule has 1 rings (SSSR count). The van der Waals surface area contributed by atoms with Gasteiger partial charge in [-0.3, -0.25) is 4.79 Å². The predicted molar refractivity (Wildman–Crippen MR) is 49.7 cm³/mol. The lowest BCUT2D eigenvalue weighted by molar-refractivity contribution is 0.112. The molecule has 72 valence electrons. The zero-order chi connectivity index (χ0) is 10.6. The van der Waals surface area contributed by atoms with Gasteiger partial charge in [0.05, 0.1) is 20.3 Å². The second-order valence-electron chi connectivity index (χ2n) is 2.48. The fourth-order valence-electron chi connectivity index (χ4n) is 1.06. The number of aldehydes is 1. The Morgan fingerprint density at radius 3 is 2.29 bits per heavy atom. The van der Waals surface area contributed by atoms with Crippen LogP contribution in [0.2, 0.25) is 0 Å². The van der Waals surface area contributed by atoms with Gasteiger partial charge in [0.25, 0.3) is 0 Å². The largest absolute Gasteiger partial charge is 0.493 e. The maximum Gasteiger partial charge on any atom is 0.399 e. The molecule has 14 heavy (non-hydrogen) atoms. The van der Waals surface area contributed by atoms with Crippen LogP contribution in [0.1, 0.15) is 10.4 Å². The lowest BCUT2D eigenvalue weighted by Crippen LogP contribution is -1.92. The van der Waals surface area contributed by atoms with Crippen molar-refractivity contribution in [3.63, 3.8) is 0 Å². The summed E-state index contributed by atoms with van der Waals surface area (Å²) >= 11 is 0. The van der Waals surface area contributed by atoms with Gasteiger partial charge in [-0.15, -0.1) is 0 Å². The van der Waals surface area contributed by atoms with Crippen LogP contribution in [0.15, 0.2) is 12.1 Å². The standard InChI is InChI=1S/C9H9N2O3/c1-13-8-3-6(5-12)7(11-10)4-9(8)14-2/h3-5H,1-2H3/q+1. The van der Waals surface area contributed by atoms with Gasteiger partial charge in [-0.2, -0.15) is 0 Å². The Hall–Kier alpha value is -2.09. The minimum Gasteiger partial charge on any atom is -0.493 e. The van der Waals surface area contributed by atoms with Crippen molar-refractivity contribution in [3.8, 4) is 11.5 Å². The van der Waals surface area contributed by atoms with Crippen molar-refractivity contribution < 1.29 is 14.3 Å². The number of hydrogen-bond donors (Lipinski definition) is 0. The van der Waals surface area contributed by atoms with Crippen molar-refractivity contribution in [1.82, 2.24) is 0 Å². The number of carbonyl (C=O) groups excluding carboxylic acids is 1. The Morgan fingerprint density at radius 1 is 1.29 bits per heavy atom. The van der Waals surface area contributed by atoms with E-state index in [1.54, 1.807) is 0 Å². The van der Waals surface area contributed by atoms with Gasteiger partial charge < -0.3 is 9.47 Å². The molecule has 0 aliphatic heterocycles. The first kappa shape index (κ1) is 9.99. The van der Waals surface area contributed by atoms with E-state index in [1.165, 1.54) is 26.4 Å². The summed E-state index contributed by atoms with van der Waals surface area (Å²) in [5.41, 5.74) is 0.391.